The predicted molar refractivity (Wildman–Crippen MR) is 126 cm³/mol. The zero-order valence-corrected chi connectivity index (χ0v) is 19.8. The number of aromatic nitrogens is 4. The fraction of sp³-hybridized carbons (Fsp3) is 0.360. The largest absolute Gasteiger partial charge is 0.494 e. The standard InChI is InChI=1S/C25H26FN5O4/c1-14-24(15(2)35-30-14)17-9-20-25(27-10-17)31(11-23(32)28-18-12-34-13-18)22(29-20)7-5-16-4-6-21(33-3)19(26)8-16/h4,6,8-10,18H,5,7,11-13H2,1-3H3,(H,28,32). The number of methoxy groups -OCH3 is 1. The molecule has 0 spiro atoms. The smallest absolute Gasteiger partial charge is 0.240 e. The second kappa shape index (κ2) is 9.46. The molecule has 1 aliphatic heterocycles. The van der Waals surface area contributed by atoms with Crippen LogP contribution in [0.2, 0.25) is 0 Å². The average Bonchev–Trinajstić information content (AvgIpc) is 3.33. The van der Waals surface area contributed by atoms with E-state index in [1.807, 2.05) is 30.5 Å². The van der Waals surface area contributed by atoms with Gasteiger partial charge in [0.1, 0.15) is 23.6 Å². The molecule has 1 fully saturated rings. The van der Waals surface area contributed by atoms with Gasteiger partial charge in [-0.1, -0.05) is 11.2 Å². The summed E-state index contributed by atoms with van der Waals surface area (Å²) < 4.78 is 31.4. The summed E-state index contributed by atoms with van der Waals surface area (Å²) in [6.07, 6.45) is 2.79. The van der Waals surface area contributed by atoms with Crippen LogP contribution in [0.3, 0.4) is 0 Å². The number of nitrogens with one attached hydrogen (secondary N) is 1. The van der Waals surface area contributed by atoms with Crippen molar-refractivity contribution in [3.63, 3.8) is 0 Å². The summed E-state index contributed by atoms with van der Waals surface area (Å²) in [6, 6.07) is 6.86. The summed E-state index contributed by atoms with van der Waals surface area (Å²) in [5.74, 6) is 1.05. The first kappa shape index (κ1) is 23.0. The lowest BCUT2D eigenvalue weighted by Gasteiger charge is -2.26. The maximum absolute atomic E-state index is 14.2. The minimum absolute atomic E-state index is 0.0297. The zero-order chi connectivity index (χ0) is 24.5. The summed E-state index contributed by atoms with van der Waals surface area (Å²) in [7, 11) is 1.44. The fourth-order valence-electron chi connectivity index (χ4n) is 4.30. The maximum Gasteiger partial charge on any atom is 0.240 e. The molecule has 1 N–H and O–H groups in total. The third-order valence-corrected chi connectivity index (χ3v) is 6.14. The van der Waals surface area contributed by atoms with Gasteiger partial charge in [0.2, 0.25) is 5.91 Å². The number of benzene rings is 1. The Labute approximate surface area is 201 Å². The molecule has 1 saturated heterocycles. The summed E-state index contributed by atoms with van der Waals surface area (Å²) in [5.41, 5.74) is 4.58. The van der Waals surface area contributed by atoms with Crippen LogP contribution in [0.1, 0.15) is 22.8 Å². The SMILES string of the molecule is COc1ccc(CCc2nc3cc(-c4c(C)noc4C)cnc3n2CC(=O)NC2COC2)cc1F. The lowest BCUT2D eigenvalue weighted by atomic mass is 10.1. The summed E-state index contributed by atoms with van der Waals surface area (Å²) in [5, 5.41) is 6.99. The number of pyridine rings is 1. The number of hydrogen-bond acceptors (Lipinski definition) is 7. The van der Waals surface area contributed by atoms with Gasteiger partial charge in [0.15, 0.2) is 17.2 Å². The Morgan fingerprint density at radius 3 is 2.74 bits per heavy atom. The van der Waals surface area contributed by atoms with E-state index in [9.17, 15) is 9.18 Å². The van der Waals surface area contributed by atoms with E-state index in [1.54, 1.807) is 12.3 Å². The second-order valence-electron chi connectivity index (χ2n) is 8.65. The third-order valence-electron chi connectivity index (χ3n) is 6.14. The van der Waals surface area contributed by atoms with Gasteiger partial charge in [-0.05, 0) is 44.0 Å². The molecule has 10 heteroatoms. The summed E-state index contributed by atoms with van der Waals surface area (Å²) in [4.78, 5) is 22.2. The molecule has 0 unspecified atom stereocenters. The minimum Gasteiger partial charge on any atom is -0.494 e. The van der Waals surface area contributed by atoms with Gasteiger partial charge in [0, 0.05) is 23.7 Å². The number of fused-ring (bicyclic) bond motifs is 1. The number of carbonyl (C=O) groups excluding carboxylic acids is 1. The quantitative estimate of drug-likeness (QED) is 0.414. The Hall–Kier alpha value is -3.79. The van der Waals surface area contributed by atoms with Gasteiger partial charge in [-0.2, -0.15) is 0 Å². The number of rotatable bonds is 8. The number of ether oxygens (including phenoxy) is 2. The molecule has 35 heavy (non-hydrogen) atoms. The molecular formula is C25H26FN5O4. The van der Waals surface area contributed by atoms with E-state index in [0.717, 1.165) is 22.4 Å². The molecular weight excluding hydrogens is 453 g/mol. The van der Waals surface area contributed by atoms with Crippen LogP contribution in [-0.4, -0.2) is 52.0 Å². The van der Waals surface area contributed by atoms with Gasteiger partial charge in [0.25, 0.3) is 0 Å². The van der Waals surface area contributed by atoms with Crippen LogP contribution < -0.4 is 10.1 Å². The third kappa shape index (κ3) is 4.61. The molecule has 1 aliphatic rings. The molecule has 0 aliphatic carbocycles. The van der Waals surface area contributed by atoms with Crippen LogP contribution in [-0.2, 0) is 28.9 Å². The second-order valence-corrected chi connectivity index (χ2v) is 8.65. The summed E-state index contributed by atoms with van der Waals surface area (Å²) in [6.45, 7) is 4.85. The molecule has 4 heterocycles. The molecule has 0 atom stereocenters. The Morgan fingerprint density at radius 2 is 2.09 bits per heavy atom. The fourth-order valence-corrected chi connectivity index (χ4v) is 4.30. The molecule has 9 nitrogen and oxygen atoms in total. The first-order valence-corrected chi connectivity index (χ1v) is 11.4. The number of hydrogen-bond donors (Lipinski definition) is 1. The van der Waals surface area contributed by atoms with E-state index in [4.69, 9.17) is 19.0 Å². The molecule has 0 radical (unpaired) electrons. The highest BCUT2D eigenvalue weighted by molar-refractivity contribution is 5.82. The minimum atomic E-state index is -0.411. The molecule has 1 aromatic carbocycles. The summed E-state index contributed by atoms with van der Waals surface area (Å²) >= 11 is 0. The van der Waals surface area contributed by atoms with Crippen LogP contribution in [0, 0.1) is 19.7 Å². The molecule has 4 aromatic rings. The number of nitrogens with zero attached hydrogens (tertiary/aromatic N) is 4. The van der Waals surface area contributed by atoms with E-state index in [0.29, 0.717) is 48.8 Å². The number of aryl methyl sites for hydroxylation is 4. The van der Waals surface area contributed by atoms with Gasteiger partial charge in [-0.3, -0.25) is 4.79 Å². The van der Waals surface area contributed by atoms with E-state index in [2.05, 4.69) is 15.5 Å². The Bertz CT molecular complexity index is 1370. The molecule has 3 aromatic heterocycles. The van der Waals surface area contributed by atoms with Crippen molar-refractivity contribution >= 4 is 17.1 Å². The first-order valence-electron chi connectivity index (χ1n) is 11.4. The Morgan fingerprint density at radius 1 is 1.26 bits per heavy atom. The monoisotopic (exact) mass is 479 g/mol. The number of carbonyl (C=O) groups is 1. The van der Waals surface area contributed by atoms with E-state index >= 15 is 0 Å². The lowest BCUT2D eigenvalue weighted by molar-refractivity contribution is -0.125. The number of imidazole rings is 1. The van der Waals surface area contributed by atoms with Crippen LogP contribution in [0.4, 0.5) is 4.39 Å². The van der Waals surface area contributed by atoms with Crippen molar-refractivity contribution < 1.29 is 23.2 Å². The molecule has 5 rings (SSSR count). The van der Waals surface area contributed by atoms with Crippen molar-refractivity contribution in [2.45, 2.75) is 39.3 Å². The van der Waals surface area contributed by atoms with Crippen LogP contribution in [0.15, 0.2) is 35.0 Å². The Balaban J connectivity index is 1.47. The molecule has 0 saturated carbocycles. The van der Waals surface area contributed by atoms with Gasteiger partial charge in [-0.25, -0.2) is 14.4 Å². The van der Waals surface area contributed by atoms with Gasteiger partial charge in [0.05, 0.1) is 32.1 Å². The lowest BCUT2D eigenvalue weighted by Crippen LogP contribution is -2.49. The van der Waals surface area contributed by atoms with Crippen LogP contribution in [0.25, 0.3) is 22.3 Å². The van der Waals surface area contributed by atoms with Crippen LogP contribution in [0.5, 0.6) is 5.75 Å². The van der Waals surface area contributed by atoms with Crippen molar-refractivity contribution in [1.82, 2.24) is 25.0 Å². The van der Waals surface area contributed by atoms with Gasteiger partial charge >= 0.3 is 0 Å². The van der Waals surface area contributed by atoms with Crippen molar-refractivity contribution in [1.29, 1.82) is 0 Å². The van der Waals surface area contributed by atoms with Crippen LogP contribution >= 0.6 is 0 Å². The Kier molecular flexibility index (Phi) is 6.21. The van der Waals surface area contributed by atoms with E-state index in [-0.39, 0.29) is 24.2 Å². The first-order chi connectivity index (χ1) is 16.9. The molecule has 0 bridgehead atoms. The zero-order valence-electron chi connectivity index (χ0n) is 19.8. The van der Waals surface area contributed by atoms with Gasteiger partial charge in [-0.15, -0.1) is 0 Å². The van der Waals surface area contributed by atoms with Crippen molar-refractivity contribution in [3.8, 4) is 16.9 Å². The van der Waals surface area contributed by atoms with E-state index < -0.39 is 5.82 Å². The number of amides is 1. The highest BCUT2D eigenvalue weighted by atomic mass is 19.1. The average molecular weight is 480 g/mol. The highest BCUT2D eigenvalue weighted by Crippen LogP contribution is 2.29. The highest BCUT2D eigenvalue weighted by Gasteiger charge is 2.23. The van der Waals surface area contributed by atoms with E-state index in [1.165, 1.54) is 13.2 Å². The van der Waals surface area contributed by atoms with Crippen molar-refractivity contribution in [2.24, 2.45) is 0 Å². The maximum atomic E-state index is 14.2. The predicted octanol–water partition coefficient (Wildman–Crippen LogP) is 3.15. The van der Waals surface area contributed by atoms with Crippen molar-refractivity contribution in [3.05, 3.63) is 59.1 Å². The molecule has 182 valence electrons. The number of halogens is 1. The molecule has 1 amide bonds. The normalized spacial score (nSPS) is 13.7. The topological polar surface area (TPSA) is 104 Å². The van der Waals surface area contributed by atoms with Gasteiger partial charge < -0.3 is 23.9 Å². The van der Waals surface area contributed by atoms with Crippen molar-refractivity contribution in [2.75, 3.05) is 20.3 Å².